The van der Waals surface area contributed by atoms with Gasteiger partial charge in [0.2, 0.25) is 0 Å². The van der Waals surface area contributed by atoms with Gasteiger partial charge in [-0.1, -0.05) is 11.8 Å². The number of benzene rings is 1. The van der Waals surface area contributed by atoms with Crippen molar-refractivity contribution in [3.05, 3.63) is 47.0 Å². The number of nitrogens with zero attached hydrogens (tertiary/aromatic N) is 4. The summed E-state index contributed by atoms with van der Waals surface area (Å²) in [7, 11) is 0. The van der Waals surface area contributed by atoms with Crippen molar-refractivity contribution in [3.8, 4) is 0 Å². The number of hydrogen-bond donors (Lipinski definition) is 1. The van der Waals surface area contributed by atoms with Crippen LogP contribution in [-0.4, -0.2) is 24.9 Å². The zero-order valence-corrected chi connectivity index (χ0v) is 10.3. The largest absolute Gasteiger partial charge is 0.341 e. The van der Waals surface area contributed by atoms with Crippen LogP contribution in [0.15, 0.2) is 46.8 Å². The second-order valence-electron chi connectivity index (χ2n) is 3.63. The Kier molecular flexibility index (Phi) is 2.84. The molecule has 0 spiro atoms. The molecule has 1 aromatic carbocycles. The third kappa shape index (κ3) is 2.25. The quantitative estimate of drug-likeness (QED) is 0.447. The smallest absolute Gasteiger partial charge is 0.269 e. The van der Waals surface area contributed by atoms with E-state index in [-0.39, 0.29) is 5.69 Å². The van der Waals surface area contributed by atoms with Crippen molar-refractivity contribution in [1.29, 1.82) is 0 Å². The van der Waals surface area contributed by atoms with Crippen molar-refractivity contribution in [2.24, 2.45) is 0 Å². The highest BCUT2D eigenvalue weighted by molar-refractivity contribution is 7.99. The van der Waals surface area contributed by atoms with Gasteiger partial charge in [-0.25, -0.2) is 15.0 Å². The second-order valence-corrected chi connectivity index (χ2v) is 4.70. The van der Waals surface area contributed by atoms with Crippen LogP contribution in [0.4, 0.5) is 5.69 Å². The van der Waals surface area contributed by atoms with Crippen LogP contribution in [0.2, 0.25) is 0 Å². The first-order chi connectivity index (χ1) is 9.24. The van der Waals surface area contributed by atoms with E-state index in [0.717, 1.165) is 15.4 Å². The lowest BCUT2D eigenvalue weighted by atomic mass is 10.3. The summed E-state index contributed by atoms with van der Waals surface area (Å²) in [5.74, 6) is 0. The number of aromatic nitrogens is 4. The van der Waals surface area contributed by atoms with Gasteiger partial charge in [0.25, 0.3) is 5.69 Å². The highest BCUT2D eigenvalue weighted by Gasteiger charge is 2.09. The fraction of sp³-hybridized carbons (Fsp3) is 0. The molecule has 7 nitrogen and oxygen atoms in total. The highest BCUT2D eigenvalue weighted by atomic mass is 32.2. The first-order valence-corrected chi connectivity index (χ1v) is 6.12. The van der Waals surface area contributed by atoms with Crippen LogP contribution < -0.4 is 0 Å². The van der Waals surface area contributed by atoms with Crippen molar-refractivity contribution < 1.29 is 4.92 Å². The monoisotopic (exact) mass is 273 g/mol. The van der Waals surface area contributed by atoms with Crippen LogP contribution in [0.25, 0.3) is 11.2 Å². The molecule has 94 valence electrons. The minimum Gasteiger partial charge on any atom is -0.341 e. The van der Waals surface area contributed by atoms with Gasteiger partial charge < -0.3 is 4.98 Å². The number of nitro benzene ring substituents is 1. The summed E-state index contributed by atoms with van der Waals surface area (Å²) < 4.78 is 0. The summed E-state index contributed by atoms with van der Waals surface area (Å²) in [6.45, 7) is 0. The molecule has 0 radical (unpaired) electrons. The molecule has 0 bridgehead atoms. The molecule has 0 aliphatic heterocycles. The van der Waals surface area contributed by atoms with Gasteiger partial charge in [0.15, 0.2) is 5.65 Å². The molecule has 0 atom stereocenters. The van der Waals surface area contributed by atoms with Crippen LogP contribution in [0.3, 0.4) is 0 Å². The molecule has 0 aliphatic carbocycles. The van der Waals surface area contributed by atoms with Gasteiger partial charge in [-0.2, -0.15) is 0 Å². The Balaban J connectivity index is 1.92. The van der Waals surface area contributed by atoms with Gasteiger partial charge in [0.1, 0.15) is 16.9 Å². The number of fused-ring (bicyclic) bond motifs is 1. The number of nitro groups is 1. The van der Waals surface area contributed by atoms with E-state index in [0.29, 0.717) is 5.65 Å². The molecule has 19 heavy (non-hydrogen) atoms. The van der Waals surface area contributed by atoms with E-state index in [1.54, 1.807) is 18.5 Å². The highest BCUT2D eigenvalue weighted by Crippen LogP contribution is 2.30. The summed E-state index contributed by atoms with van der Waals surface area (Å²) in [5, 5.41) is 11.3. The normalized spacial score (nSPS) is 10.7. The molecule has 2 heterocycles. The molecular formula is C11H7N5O2S. The maximum atomic E-state index is 10.6. The molecule has 3 aromatic rings. The molecule has 0 fully saturated rings. The Labute approximate surface area is 111 Å². The molecule has 0 saturated heterocycles. The number of aromatic amines is 1. The van der Waals surface area contributed by atoms with E-state index >= 15 is 0 Å². The van der Waals surface area contributed by atoms with E-state index in [1.165, 1.54) is 30.2 Å². The zero-order valence-electron chi connectivity index (χ0n) is 9.48. The Morgan fingerprint density at radius 2 is 1.95 bits per heavy atom. The maximum absolute atomic E-state index is 10.6. The van der Waals surface area contributed by atoms with Crippen molar-refractivity contribution in [3.63, 3.8) is 0 Å². The third-order valence-electron chi connectivity index (χ3n) is 2.45. The first-order valence-electron chi connectivity index (χ1n) is 5.30. The van der Waals surface area contributed by atoms with Crippen LogP contribution in [0.1, 0.15) is 0 Å². The molecule has 8 heteroatoms. The summed E-state index contributed by atoms with van der Waals surface area (Å²) in [6, 6.07) is 6.31. The zero-order chi connectivity index (χ0) is 13.2. The standard InChI is InChI=1S/C11H7N5O2S/c17-16(18)7-1-3-8(4-2-7)19-11-9-10(13-5-12-9)14-6-15-11/h1-6H,(H,12,13,14,15). The summed E-state index contributed by atoms with van der Waals surface area (Å²) in [6.07, 6.45) is 3.00. The molecule has 0 unspecified atom stereocenters. The number of nitrogens with one attached hydrogen (secondary N) is 1. The average Bonchev–Trinajstić information content (AvgIpc) is 2.89. The van der Waals surface area contributed by atoms with Crippen molar-refractivity contribution in [2.75, 3.05) is 0 Å². The molecule has 3 rings (SSSR count). The average molecular weight is 273 g/mol. The van der Waals surface area contributed by atoms with Gasteiger partial charge in [-0.3, -0.25) is 10.1 Å². The van der Waals surface area contributed by atoms with Crippen LogP contribution >= 0.6 is 11.8 Å². The number of H-pyrrole nitrogens is 1. The minimum absolute atomic E-state index is 0.0683. The van der Waals surface area contributed by atoms with Crippen LogP contribution in [0, 0.1) is 10.1 Å². The minimum atomic E-state index is -0.424. The molecule has 1 N–H and O–H groups in total. The molecular weight excluding hydrogens is 266 g/mol. The number of hydrogen-bond acceptors (Lipinski definition) is 6. The van der Waals surface area contributed by atoms with Crippen molar-refractivity contribution in [1.82, 2.24) is 19.9 Å². The van der Waals surface area contributed by atoms with Gasteiger partial charge in [0, 0.05) is 17.0 Å². The van der Waals surface area contributed by atoms with Gasteiger partial charge >= 0.3 is 0 Å². The third-order valence-corrected chi connectivity index (χ3v) is 3.46. The number of non-ortho nitro benzene ring substituents is 1. The fourth-order valence-corrected chi connectivity index (χ4v) is 2.42. The summed E-state index contributed by atoms with van der Waals surface area (Å²) in [4.78, 5) is 26.2. The van der Waals surface area contributed by atoms with E-state index < -0.39 is 4.92 Å². The molecule has 0 aliphatic rings. The molecule has 0 saturated carbocycles. The molecule has 0 amide bonds. The Hall–Kier alpha value is -2.48. The lowest BCUT2D eigenvalue weighted by Crippen LogP contribution is -1.88. The van der Waals surface area contributed by atoms with E-state index in [1.807, 2.05) is 0 Å². The summed E-state index contributed by atoms with van der Waals surface area (Å²) in [5.41, 5.74) is 1.42. The first kappa shape index (κ1) is 11.6. The van der Waals surface area contributed by atoms with E-state index in [2.05, 4.69) is 19.9 Å². The molecule has 2 aromatic heterocycles. The van der Waals surface area contributed by atoms with Gasteiger partial charge in [-0.15, -0.1) is 0 Å². The van der Waals surface area contributed by atoms with Gasteiger partial charge in [0.05, 0.1) is 11.3 Å². The fourth-order valence-electron chi connectivity index (χ4n) is 1.57. The Morgan fingerprint density at radius 3 is 2.68 bits per heavy atom. The number of imidazole rings is 1. The maximum Gasteiger partial charge on any atom is 0.269 e. The SMILES string of the molecule is O=[N+]([O-])c1ccc(Sc2ncnc3nc[nH]c23)cc1. The van der Waals surface area contributed by atoms with Gasteiger partial charge in [-0.05, 0) is 12.1 Å². The lowest BCUT2D eigenvalue weighted by molar-refractivity contribution is -0.384. The van der Waals surface area contributed by atoms with E-state index in [9.17, 15) is 10.1 Å². The van der Waals surface area contributed by atoms with Crippen molar-refractivity contribution >= 4 is 28.6 Å². The lowest BCUT2D eigenvalue weighted by Gasteiger charge is -2.01. The second kappa shape index (κ2) is 4.65. The topological polar surface area (TPSA) is 97.6 Å². The van der Waals surface area contributed by atoms with Crippen LogP contribution in [-0.2, 0) is 0 Å². The predicted octanol–water partition coefficient (Wildman–Crippen LogP) is 2.41. The van der Waals surface area contributed by atoms with Crippen molar-refractivity contribution in [2.45, 2.75) is 9.92 Å². The van der Waals surface area contributed by atoms with E-state index in [4.69, 9.17) is 0 Å². The Morgan fingerprint density at radius 1 is 1.16 bits per heavy atom. The predicted molar refractivity (Wildman–Crippen MR) is 68.9 cm³/mol. The number of rotatable bonds is 3. The summed E-state index contributed by atoms with van der Waals surface area (Å²) >= 11 is 1.40. The van der Waals surface area contributed by atoms with Crippen LogP contribution in [0.5, 0.6) is 0 Å². The Bertz CT molecular complexity index is 740.